The van der Waals surface area contributed by atoms with Gasteiger partial charge in [0.05, 0.1) is 32.9 Å². The number of thiocarbonyl (C=S) groups is 1. The summed E-state index contributed by atoms with van der Waals surface area (Å²) < 4.78 is 85.1. The Labute approximate surface area is 233 Å². The molecule has 3 heterocycles. The van der Waals surface area contributed by atoms with E-state index in [-0.39, 0.29) is 38.7 Å². The van der Waals surface area contributed by atoms with Gasteiger partial charge in [0.15, 0.2) is 5.69 Å². The fourth-order valence-corrected chi connectivity index (χ4v) is 4.94. The van der Waals surface area contributed by atoms with E-state index in [1.54, 1.807) is 18.2 Å². The second-order valence-electron chi connectivity index (χ2n) is 8.44. The van der Waals surface area contributed by atoms with E-state index in [9.17, 15) is 26.3 Å². The zero-order chi connectivity index (χ0) is 27.9. The highest BCUT2D eigenvalue weighted by atomic mass is 35.5. The van der Waals surface area contributed by atoms with Crippen LogP contribution in [0.25, 0.3) is 0 Å². The number of alkyl halides is 6. The zero-order valence-electron chi connectivity index (χ0n) is 19.0. The standard InChI is InChI=1S/C23H16Cl3F6N5S/c24-15-7-12(8-16(25)17(15)26)21(23(30,31)32)4-6-37(11-21)20-35-10-14(18(36-20)22(27,28)29)19(38)34-9-13-3-1-2-5-33-13/h1-3,5,7-8,10H,4,6,9,11H2,(H,34,38). The molecule has 38 heavy (non-hydrogen) atoms. The smallest absolute Gasteiger partial charge is 0.370 e. The van der Waals surface area contributed by atoms with Gasteiger partial charge in [0.25, 0.3) is 0 Å². The van der Waals surface area contributed by atoms with Gasteiger partial charge in [-0.15, -0.1) is 0 Å². The Morgan fingerprint density at radius 1 is 1.05 bits per heavy atom. The van der Waals surface area contributed by atoms with Crippen LogP contribution in [0, 0.1) is 0 Å². The molecule has 0 amide bonds. The molecule has 0 saturated carbocycles. The van der Waals surface area contributed by atoms with Gasteiger partial charge in [-0.25, -0.2) is 9.97 Å². The summed E-state index contributed by atoms with van der Waals surface area (Å²) in [7, 11) is 0. The first-order valence-electron chi connectivity index (χ1n) is 10.8. The molecule has 1 fully saturated rings. The number of rotatable bonds is 5. The molecule has 202 valence electrons. The predicted molar refractivity (Wildman–Crippen MR) is 136 cm³/mol. The molecule has 1 saturated heterocycles. The van der Waals surface area contributed by atoms with E-state index in [1.165, 1.54) is 6.20 Å². The highest BCUT2D eigenvalue weighted by molar-refractivity contribution is 7.80. The number of aromatic nitrogens is 3. The van der Waals surface area contributed by atoms with Gasteiger partial charge in [0.2, 0.25) is 5.95 Å². The molecule has 1 aliphatic heterocycles. The Morgan fingerprint density at radius 2 is 1.74 bits per heavy atom. The fourth-order valence-electron chi connectivity index (χ4n) is 4.12. The second kappa shape index (κ2) is 10.6. The minimum atomic E-state index is -4.96. The normalized spacial score (nSPS) is 18.1. The Balaban J connectivity index is 1.66. The molecule has 1 unspecified atom stereocenters. The first-order valence-corrected chi connectivity index (χ1v) is 12.4. The van der Waals surface area contributed by atoms with Crippen LogP contribution in [0.4, 0.5) is 32.3 Å². The number of hydrogen-bond donors (Lipinski definition) is 1. The molecular formula is C23H16Cl3F6N5S. The van der Waals surface area contributed by atoms with E-state index >= 15 is 0 Å². The van der Waals surface area contributed by atoms with Gasteiger partial charge in [-0.05, 0) is 36.2 Å². The summed E-state index contributed by atoms with van der Waals surface area (Å²) in [6, 6.07) is 7.15. The first kappa shape index (κ1) is 28.6. The molecule has 1 atom stereocenters. The number of benzene rings is 1. The number of nitrogens with zero attached hydrogens (tertiary/aromatic N) is 4. The Bertz CT molecular complexity index is 1330. The van der Waals surface area contributed by atoms with Crippen molar-refractivity contribution < 1.29 is 26.3 Å². The van der Waals surface area contributed by atoms with Gasteiger partial charge < -0.3 is 10.2 Å². The van der Waals surface area contributed by atoms with Crippen molar-refractivity contribution >= 4 is 58.0 Å². The van der Waals surface area contributed by atoms with Crippen molar-refractivity contribution in [1.82, 2.24) is 20.3 Å². The molecular weight excluding hydrogens is 599 g/mol. The number of hydrogen-bond acceptors (Lipinski definition) is 5. The van der Waals surface area contributed by atoms with E-state index in [2.05, 4.69) is 20.3 Å². The monoisotopic (exact) mass is 613 g/mol. The quantitative estimate of drug-likeness (QED) is 0.189. The van der Waals surface area contributed by atoms with Crippen molar-refractivity contribution in [2.24, 2.45) is 0 Å². The lowest BCUT2D eigenvalue weighted by Gasteiger charge is -2.32. The Hall–Kier alpha value is -2.41. The van der Waals surface area contributed by atoms with Gasteiger partial charge in [-0.3, -0.25) is 4.98 Å². The van der Waals surface area contributed by atoms with Crippen LogP contribution in [0.1, 0.15) is 28.9 Å². The van der Waals surface area contributed by atoms with Gasteiger partial charge in [0.1, 0.15) is 10.4 Å². The zero-order valence-corrected chi connectivity index (χ0v) is 22.1. The van der Waals surface area contributed by atoms with Gasteiger partial charge in [-0.1, -0.05) is 53.1 Å². The molecule has 0 aliphatic carbocycles. The summed E-state index contributed by atoms with van der Waals surface area (Å²) in [6.07, 6.45) is -7.89. The second-order valence-corrected chi connectivity index (χ2v) is 10.0. The number of pyridine rings is 1. The molecule has 1 N–H and O–H groups in total. The van der Waals surface area contributed by atoms with Crippen molar-refractivity contribution in [3.05, 3.63) is 80.3 Å². The highest BCUT2D eigenvalue weighted by Crippen LogP contribution is 2.50. The molecule has 0 spiro atoms. The number of nitrogens with one attached hydrogen (secondary N) is 1. The van der Waals surface area contributed by atoms with E-state index < -0.39 is 47.9 Å². The lowest BCUT2D eigenvalue weighted by atomic mass is 9.79. The van der Waals surface area contributed by atoms with Crippen LogP contribution in [-0.2, 0) is 18.1 Å². The third-order valence-corrected chi connectivity index (χ3v) is 7.64. The largest absolute Gasteiger partial charge is 0.434 e. The SMILES string of the molecule is FC(F)(F)c1nc(N2CCC(c3cc(Cl)c(Cl)c(Cl)c3)(C(F)(F)F)C2)ncc1C(=S)NCc1ccccn1. The number of anilines is 1. The highest BCUT2D eigenvalue weighted by Gasteiger charge is 2.59. The van der Waals surface area contributed by atoms with Crippen LogP contribution in [0.2, 0.25) is 15.1 Å². The molecule has 15 heteroatoms. The average molecular weight is 615 g/mol. The maximum atomic E-state index is 14.4. The van der Waals surface area contributed by atoms with Crippen LogP contribution in [-0.4, -0.2) is 39.2 Å². The Kier molecular flexibility index (Phi) is 8.00. The number of halogens is 9. The van der Waals surface area contributed by atoms with Crippen LogP contribution in [0.3, 0.4) is 0 Å². The van der Waals surface area contributed by atoms with Gasteiger partial charge in [-0.2, -0.15) is 26.3 Å². The van der Waals surface area contributed by atoms with Gasteiger partial charge in [0, 0.05) is 25.5 Å². The van der Waals surface area contributed by atoms with Gasteiger partial charge >= 0.3 is 12.4 Å². The maximum Gasteiger partial charge on any atom is 0.434 e. The molecule has 0 bridgehead atoms. The van der Waals surface area contributed by atoms with Crippen LogP contribution in [0.5, 0.6) is 0 Å². The lowest BCUT2D eigenvalue weighted by Crippen LogP contribution is -2.45. The van der Waals surface area contributed by atoms with Crippen molar-refractivity contribution in [2.45, 2.75) is 30.7 Å². The summed E-state index contributed by atoms with van der Waals surface area (Å²) in [5.41, 5.74) is -4.11. The average Bonchev–Trinajstić information content (AvgIpc) is 3.32. The van der Waals surface area contributed by atoms with E-state index in [0.717, 1.165) is 23.2 Å². The summed E-state index contributed by atoms with van der Waals surface area (Å²) in [5, 5.41) is 2.22. The predicted octanol–water partition coefficient (Wildman–Crippen LogP) is 7.03. The molecule has 1 aliphatic rings. The Morgan fingerprint density at radius 3 is 2.32 bits per heavy atom. The van der Waals surface area contributed by atoms with Crippen LogP contribution >= 0.6 is 47.0 Å². The first-order chi connectivity index (χ1) is 17.7. The molecule has 1 aromatic carbocycles. The molecule has 3 aromatic rings. The summed E-state index contributed by atoms with van der Waals surface area (Å²) in [6.45, 7) is -0.995. The van der Waals surface area contributed by atoms with Crippen LogP contribution in [0.15, 0.2) is 42.7 Å². The van der Waals surface area contributed by atoms with E-state index in [4.69, 9.17) is 47.0 Å². The third kappa shape index (κ3) is 5.63. The lowest BCUT2D eigenvalue weighted by molar-refractivity contribution is -0.184. The summed E-state index contributed by atoms with van der Waals surface area (Å²) in [5.74, 6) is -0.522. The topological polar surface area (TPSA) is 53.9 Å². The van der Waals surface area contributed by atoms with E-state index in [0.29, 0.717) is 5.69 Å². The third-order valence-electron chi connectivity index (χ3n) is 6.08. The minimum absolute atomic E-state index is 0.0468. The van der Waals surface area contributed by atoms with E-state index in [1.807, 2.05) is 0 Å². The molecule has 5 nitrogen and oxygen atoms in total. The van der Waals surface area contributed by atoms with Crippen molar-refractivity contribution in [2.75, 3.05) is 18.0 Å². The van der Waals surface area contributed by atoms with Crippen molar-refractivity contribution in [3.8, 4) is 0 Å². The fraction of sp³-hybridized carbons (Fsp3) is 0.304. The van der Waals surface area contributed by atoms with Crippen LogP contribution < -0.4 is 10.2 Å². The molecule has 0 radical (unpaired) electrons. The summed E-state index contributed by atoms with van der Waals surface area (Å²) >= 11 is 23.0. The molecule has 4 rings (SSSR count). The minimum Gasteiger partial charge on any atom is -0.370 e. The van der Waals surface area contributed by atoms with Crippen molar-refractivity contribution in [1.29, 1.82) is 0 Å². The van der Waals surface area contributed by atoms with Crippen molar-refractivity contribution in [3.63, 3.8) is 0 Å². The molecule has 2 aromatic heterocycles. The maximum absolute atomic E-state index is 14.4. The summed E-state index contributed by atoms with van der Waals surface area (Å²) in [4.78, 5) is 12.3.